The number of alkyl halides is 3. The van der Waals surface area contributed by atoms with Gasteiger partial charge in [-0.3, -0.25) is 4.79 Å². The van der Waals surface area contributed by atoms with Crippen molar-refractivity contribution in [3.05, 3.63) is 29.6 Å². The number of aromatic nitrogens is 3. The van der Waals surface area contributed by atoms with Crippen molar-refractivity contribution in [3.63, 3.8) is 0 Å². The second kappa shape index (κ2) is 6.27. The van der Waals surface area contributed by atoms with Crippen LogP contribution in [-0.4, -0.2) is 34.0 Å². The first-order chi connectivity index (χ1) is 10.7. The molecule has 0 atom stereocenters. The summed E-state index contributed by atoms with van der Waals surface area (Å²) in [4.78, 5) is 15.0. The van der Waals surface area contributed by atoms with Crippen LogP contribution in [-0.2, 0) is 17.8 Å². The van der Waals surface area contributed by atoms with Crippen LogP contribution in [0.3, 0.4) is 0 Å². The Labute approximate surface area is 130 Å². The Kier molecular flexibility index (Phi) is 4.57. The minimum absolute atomic E-state index is 0.00924. The molecule has 0 unspecified atom stereocenters. The van der Waals surface area contributed by atoms with E-state index in [0.717, 1.165) is 4.68 Å². The van der Waals surface area contributed by atoms with Gasteiger partial charge in [0.1, 0.15) is 12.3 Å². The number of benzene rings is 1. The molecule has 0 saturated carbocycles. The van der Waals surface area contributed by atoms with E-state index < -0.39 is 18.6 Å². The van der Waals surface area contributed by atoms with Crippen LogP contribution >= 0.6 is 0 Å². The van der Waals surface area contributed by atoms with E-state index in [1.165, 1.54) is 7.11 Å². The second-order valence-corrected chi connectivity index (χ2v) is 4.90. The highest BCUT2D eigenvalue weighted by Crippen LogP contribution is 2.30. The Morgan fingerprint density at radius 3 is 2.65 bits per heavy atom. The van der Waals surface area contributed by atoms with E-state index >= 15 is 0 Å². The summed E-state index contributed by atoms with van der Waals surface area (Å²) in [6.45, 7) is 0.388. The van der Waals surface area contributed by atoms with Gasteiger partial charge in [-0.25, -0.2) is 9.67 Å². The molecule has 0 spiro atoms. The standard InChI is InChI=1S/C14H15F3N4O2/c1-8-9(4-3-5-10(8)23-2)13-19-12(6-11(18)22)20-21(13)7-14(15,16)17/h3-5H,6-7H2,1-2H3,(H2,18,22). The maximum Gasteiger partial charge on any atom is 0.408 e. The molecule has 9 heteroatoms. The van der Waals surface area contributed by atoms with Crippen LogP contribution in [0.5, 0.6) is 5.75 Å². The molecule has 0 radical (unpaired) electrons. The molecular weight excluding hydrogens is 313 g/mol. The Morgan fingerprint density at radius 2 is 2.09 bits per heavy atom. The average molecular weight is 328 g/mol. The fourth-order valence-corrected chi connectivity index (χ4v) is 2.18. The van der Waals surface area contributed by atoms with E-state index in [2.05, 4.69) is 10.1 Å². The number of primary amides is 1. The minimum Gasteiger partial charge on any atom is -0.496 e. The van der Waals surface area contributed by atoms with Crippen molar-refractivity contribution in [3.8, 4) is 17.1 Å². The third kappa shape index (κ3) is 3.99. The smallest absolute Gasteiger partial charge is 0.408 e. The van der Waals surface area contributed by atoms with Crippen molar-refractivity contribution in [1.29, 1.82) is 0 Å². The quantitative estimate of drug-likeness (QED) is 0.908. The molecule has 23 heavy (non-hydrogen) atoms. The third-order valence-electron chi connectivity index (χ3n) is 3.12. The van der Waals surface area contributed by atoms with Gasteiger partial charge >= 0.3 is 6.18 Å². The number of amides is 1. The monoisotopic (exact) mass is 328 g/mol. The van der Waals surface area contributed by atoms with E-state index in [1.807, 2.05) is 0 Å². The maximum atomic E-state index is 12.7. The molecule has 0 aliphatic heterocycles. The fraction of sp³-hybridized carbons (Fsp3) is 0.357. The van der Waals surface area contributed by atoms with Crippen molar-refractivity contribution in [2.45, 2.75) is 26.1 Å². The number of ether oxygens (including phenoxy) is 1. The first kappa shape index (κ1) is 16.8. The molecule has 6 nitrogen and oxygen atoms in total. The molecule has 1 amide bonds. The average Bonchev–Trinajstić information content (AvgIpc) is 2.78. The van der Waals surface area contributed by atoms with Crippen LogP contribution in [0.1, 0.15) is 11.4 Å². The van der Waals surface area contributed by atoms with Crippen LogP contribution in [0.15, 0.2) is 18.2 Å². The van der Waals surface area contributed by atoms with Gasteiger partial charge in [0, 0.05) is 11.1 Å². The van der Waals surface area contributed by atoms with Gasteiger partial charge in [-0.05, 0) is 13.0 Å². The van der Waals surface area contributed by atoms with Crippen LogP contribution in [0.4, 0.5) is 13.2 Å². The number of hydrogen-bond donors (Lipinski definition) is 1. The summed E-state index contributed by atoms with van der Waals surface area (Å²) >= 11 is 0. The number of hydrogen-bond acceptors (Lipinski definition) is 4. The number of rotatable bonds is 5. The van der Waals surface area contributed by atoms with Gasteiger partial charge in [0.05, 0.1) is 13.5 Å². The van der Waals surface area contributed by atoms with E-state index in [0.29, 0.717) is 16.9 Å². The van der Waals surface area contributed by atoms with Crippen LogP contribution in [0.2, 0.25) is 0 Å². The van der Waals surface area contributed by atoms with Crippen molar-refractivity contribution in [2.24, 2.45) is 5.73 Å². The molecular formula is C14H15F3N4O2. The van der Waals surface area contributed by atoms with Gasteiger partial charge in [-0.2, -0.15) is 18.3 Å². The number of carbonyl (C=O) groups excluding carboxylic acids is 1. The zero-order valence-corrected chi connectivity index (χ0v) is 12.5. The molecule has 2 rings (SSSR count). The Morgan fingerprint density at radius 1 is 1.39 bits per heavy atom. The van der Waals surface area contributed by atoms with Gasteiger partial charge in [0.15, 0.2) is 11.6 Å². The molecule has 2 aromatic rings. The predicted octanol–water partition coefficient (Wildman–Crippen LogP) is 1.85. The van der Waals surface area contributed by atoms with Gasteiger partial charge < -0.3 is 10.5 Å². The first-order valence-electron chi connectivity index (χ1n) is 6.64. The lowest BCUT2D eigenvalue weighted by Gasteiger charge is -2.12. The Hall–Kier alpha value is -2.58. The maximum absolute atomic E-state index is 12.7. The number of nitrogens with two attached hydrogens (primary N) is 1. The van der Waals surface area contributed by atoms with Gasteiger partial charge in [0.25, 0.3) is 0 Å². The van der Waals surface area contributed by atoms with Crippen molar-refractivity contribution >= 4 is 5.91 Å². The molecule has 1 heterocycles. The lowest BCUT2D eigenvalue weighted by molar-refractivity contribution is -0.142. The number of carbonyl (C=O) groups is 1. The second-order valence-electron chi connectivity index (χ2n) is 4.90. The molecule has 1 aromatic carbocycles. The SMILES string of the molecule is COc1cccc(-c2nc(CC(N)=O)nn2CC(F)(F)F)c1C. The molecule has 0 aliphatic rings. The Bertz CT molecular complexity index is 725. The summed E-state index contributed by atoms with van der Waals surface area (Å²) in [6.07, 6.45) is -4.81. The van der Waals surface area contributed by atoms with Crippen molar-refractivity contribution in [2.75, 3.05) is 7.11 Å². The highest BCUT2D eigenvalue weighted by molar-refractivity contribution is 5.76. The summed E-state index contributed by atoms with van der Waals surface area (Å²) in [7, 11) is 1.46. The molecule has 0 saturated heterocycles. The summed E-state index contributed by atoms with van der Waals surface area (Å²) in [6, 6.07) is 4.94. The summed E-state index contributed by atoms with van der Waals surface area (Å²) < 4.78 is 44.1. The minimum atomic E-state index is -4.47. The van der Waals surface area contributed by atoms with Crippen LogP contribution in [0.25, 0.3) is 11.4 Å². The molecule has 0 aliphatic carbocycles. The molecule has 124 valence electrons. The van der Waals surface area contributed by atoms with Crippen molar-refractivity contribution < 1.29 is 22.7 Å². The summed E-state index contributed by atoms with van der Waals surface area (Å²) in [5.74, 6) is -0.252. The van der Waals surface area contributed by atoms with Gasteiger partial charge in [-0.1, -0.05) is 12.1 Å². The van der Waals surface area contributed by atoms with Crippen molar-refractivity contribution in [1.82, 2.24) is 14.8 Å². The predicted molar refractivity (Wildman–Crippen MR) is 75.7 cm³/mol. The largest absolute Gasteiger partial charge is 0.496 e. The lowest BCUT2D eigenvalue weighted by atomic mass is 10.1. The van der Waals surface area contributed by atoms with E-state index in [1.54, 1.807) is 25.1 Å². The Balaban J connectivity index is 2.55. The number of nitrogens with zero attached hydrogens (tertiary/aromatic N) is 3. The normalized spacial score (nSPS) is 11.5. The molecule has 1 aromatic heterocycles. The van der Waals surface area contributed by atoms with Crippen LogP contribution < -0.4 is 10.5 Å². The number of halogens is 3. The highest BCUT2D eigenvalue weighted by atomic mass is 19.4. The van der Waals surface area contributed by atoms with Crippen LogP contribution in [0, 0.1) is 6.92 Å². The zero-order chi connectivity index (χ0) is 17.2. The third-order valence-corrected chi connectivity index (χ3v) is 3.12. The highest BCUT2D eigenvalue weighted by Gasteiger charge is 2.31. The van der Waals surface area contributed by atoms with E-state index in [4.69, 9.17) is 10.5 Å². The van der Waals surface area contributed by atoms with Gasteiger partial charge in [-0.15, -0.1) is 0 Å². The van der Waals surface area contributed by atoms with E-state index in [9.17, 15) is 18.0 Å². The number of methoxy groups -OCH3 is 1. The molecule has 2 N–H and O–H groups in total. The summed E-state index contributed by atoms with van der Waals surface area (Å²) in [5, 5.41) is 3.75. The first-order valence-corrected chi connectivity index (χ1v) is 6.64. The topological polar surface area (TPSA) is 83.0 Å². The zero-order valence-electron chi connectivity index (χ0n) is 12.5. The molecule has 0 bridgehead atoms. The van der Waals surface area contributed by atoms with Gasteiger partial charge in [0.2, 0.25) is 5.91 Å². The molecule has 0 fully saturated rings. The van der Waals surface area contributed by atoms with E-state index in [-0.39, 0.29) is 18.1 Å². The lowest BCUT2D eigenvalue weighted by Crippen LogP contribution is -2.20. The summed E-state index contributed by atoms with van der Waals surface area (Å²) in [5.41, 5.74) is 6.12. The fourth-order valence-electron chi connectivity index (χ4n) is 2.18.